The Balaban J connectivity index is 1.49. The molecule has 1 aromatic carbocycles. The maximum absolute atomic E-state index is 13.0. The highest BCUT2D eigenvalue weighted by Gasteiger charge is 2.25. The third kappa shape index (κ3) is 7.00. The van der Waals surface area contributed by atoms with Gasteiger partial charge in [-0.05, 0) is 70.6 Å². The molecule has 3 heterocycles. The van der Waals surface area contributed by atoms with Crippen molar-refractivity contribution in [1.82, 2.24) is 19.2 Å². The van der Waals surface area contributed by atoms with Crippen LogP contribution in [0.25, 0.3) is 16.0 Å². The van der Waals surface area contributed by atoms with E-state index in [9.17, 15) is 9.59 Å². The number of carbonyl (C=O) groups excluding carboxylic acids is 2. The maximum Gasteiger partial charge on any atom is 0.410 e. The molecule has 9 nitrogen and oxygen atoms in total. The summed E-state index contributed by atoms with van der Waals surface area (Å²) >= 11 is 1.36. The second-order valence-electron chi connectivity index (χ2n) is 10.7. The summed E-state index contributed by atoms with van der Waals surface area (Å²) in [5, 5.41) is 8.97. The van der Waals surface area contributed by atoms with Crippen molar-refractivity contribution < 1.29 is 24.2 Å². The number of hydrogen-bond donors (Lipinski definition) is 1. The van der Waals surface area contributed by atoms with Crippen molar-refractivity contribution in [3.8, 4) is 0 Å². The molecule has 202 valence electrons. The van der Waals surface area contributed by atoms with Crippen LogP contribution in [0.3, 0.4) is 0 Å². The molecule has 2 aromatic heterocycles. The molecule has 1 atom stereocenters. The molecule has 0 saturated carbocycles. The van der Waals surface area contributed by atoms with E-state index in [-0.39, 0.29) is 24.7 Å². The number of rotatable bonds is 10. The lowest BCUT2D eigenvalue weighted by molar-refractivity contribution is 0.0190. The lowest BCUT2D eigenvalue weighted by Crippen LogP contribution is -2.38. The van der Waals surface area contributed by atoms with Crippen LogP contribution in [0.1, 0.15) is 68.1 Å². The van der Waals surface area contributed by atoms with E-state index in [0.29, 0.717) is 30.9 Å². The summed E-state index contributed by atoms with van der Waals surface area (Å²) < 4.78 is 13.4. The molecule has 1 N–H and O–H groups in total. The van der Waals surface area contributed by atoms with Crippen molar-refractivity contribution >= 4 is 39.3 Å². The summed E-state index contributed by atoms with van der Waals surface area (Å²) in [7, 11) is 1.78. The summed E-state index contributed by atoms with van der Waals surface area (Å²) in [4.78, 5) is 35.3. The number of aromatic nitrogens is 2. The minimum Gasteiger partial charge on any atom is -0.444 e. The Labute approximate surface area is 222 Å². The lowest BCUT2D eigenvalue weighted by Gasteiger charge is -2.28. The van der Waals surface area contributed by atoms with Gasteiger partial charge in [0.15, 0.2) is 4.96 Å². The molecule has 1 aliphatic rings. The van der Waals surface area contributed by atoms with Crippen LogP contribution in [-0.2, 0) is 16.0 Å². The van der Waals surface area contributed by atoms with Crippen molar-refractivity contribution in [3.63, 3.8) is 0 Å². The molecular weight excluding hydrogens is 492 g/mol. The first-order valence-corrected chi connectivity index (χ1v) is 13.8. The van der Waals surface area contributed by atoms with Crippen LogP contribution in [0.5, 0.6) is 0 Å². The van der Waals surface area contributed by atoms with Gasteiger partial charge in [-0.15, -0.1) is 0 Å². The molecule has 0 spiro atoms. The first kappa shape index (κ1) is 27.3. The van der Waals surface area contributed by atoms with E-state index in [1.54, 1.807) is 16.8 Å². The molecule has 1 unspecified atom stereocenters. The Morgan fingerprint density at radius 2 is 2.08 bits per heavy atom. The van der Waals surface area contributed by atoms with Gasteiger partial charge in [-0.1, -0.05) is 17.4 Å². The van der Waals surface area contributed by atoms with Gasteiger partial charge in [0.1, 0.15) is 10.5 Å². The van der Waals surface area contributed by atoms with Crippen molar-refractivity contribution in [2.75, 3.05) is 33.4 Å². The van der Waals surface area contributed by atoms with Crippen LogP contribution in [-0.4, -0.2) is 81.3 Å². The first-order chi connectivity index (χ1) is 17.6. The average molecular weight is 531 g/mol. The number of carbonyl (C=O) groups is 2. The van der Waals surface area contributed by atoms with Crippen LogP contribution in [0.2, 0.25) is 0 Å². The van der Waals surface area contributed by atoms with E-state index in [1.807, 2.05) is 49.6 Å². The topological polar surface area (TPSA) is 96.6 Å². The van der Waals surface area contributed by atoms with E-state index in [1.165, 1.54) is 11.3 Å². The van der Waals surface area contributed by atoms with Crippen molar-refractivity contribution in [2.45, 2.75) is 71.1 Å². The molecule has 1 fully saturated rings. The summed E-state index contributed by atoms with van der Waals surface area (Å²) in [6, 6.07) is 5.99. The number of ether oxygens (including phenoxy) is 2. The van der Waals surface area contributed by atoms with E-state index in [2.05, 4.69) is 0 Å². The van der Waals surface area contributed by atoms with E-state index in [4.69, 9.17) is 19.6 Å². The van der Waals surface area contributed by atoms with Gasteiger partial charge in [-0.2, -0.15) is 0 Å². The molecule has 3 aromatic rings. The average Bonchev–Trinajstić information content (AvgIpc) is 3.56. The zero-order chi connectivity index (χ0) is 26.6. The third-order valence-corrected chi connectivity index (χ3v) is 7.37. The highest BCUT2D eigenvalue weighted by Crippen LogP contribution is 2.26. The molecule has 0 radical (unpaired) electrons. The number of benzene rings is 1. The zero-order valence-corrected chi connectivity index (χ0v) is 23.1. The fourth-order valence-corrected chi connectivity index (χ4v) is 5.45. The number of nitrogens with zero attached hydrogens (tertiary/aromatic N) is 4. The number of amides is 2. The number of aliphatic hydroxyl groups is 1. The van der Waals surface area contributed by atoms with Gasteiger partial charge in [0.25, 0.3) is 5.91 Å². The lowest BCUT2D eigenvalue weighted by atomic mass is 10.1. The Morgan fingerprint density at radius 3 is 2.78 bits per heavy atom. The largest absolute Gasteiger partial charge is 0.444 e. The molecule has 0 aliphatic carbocycles. The highest BCUT2D eigenvalue weighted by atomic mass is 32.1. The van der Waals surface area contributed by atoms with Gasteiger partial charge in [-0.3, -0.25) is 9.20 Å². The van der Waals surface area contributed by atoms with Crippen molar-refractivity contribution in [1.29, 1.82) is 0 Å². The van der Waals surface area contributed by atoms with Crippen molar-refractivity contribution in [2.24, 2.45) is 0 Å². The van der Waals surface area contributed by atoms with Gasteiger partial charge in [0.2, 0.25) is 0 Å². The first-order valence-electron chi connectivity index (χ1n) is 13.0. The van der Waals surface area contributed by atoms with E-state index in [0.717, 1.165) is 53.8 Å². The van der Waals surface area contributed by atoms with Gasteiger partial charge >= 0.3 is 6.09 Å². The standard InChI is InChI=1S/C27H38N4O5S/c1-27(2,3)36-26(34)30(13-11-20-8-7-15-35-20)17-19-9-10-22-21(16-19)28-25-31(22)18-23(37-25)24(33)29(4)12-5-6-14-32/h9-10,16,18,20,32H,5-8,11-15,17H2,1-4H3. The Bertz CT molecular complexity index is 1220. The molecule has 0 bridgehead atoms. The predicted octanol–water partition coefficient (Wildman–Crippen LogP) is 4.70. The SMILES string of the molecule is CN(CCCCO)C(=O)c1cn2c(nc3cc(CN(CCC4CCCO4)C(=O)OC(C)(C)C)ccc32)s1. The minimum atomic E-state index is -0.570. The van der Waals surface area contributed by atoms with Gasteiger partial charge < -0.3 is 24.4 Å². The van der Waals surface area contributed by atoms with E-state index >= 15 is 0 Å². The maximum atomic E-state index is 13.0. The summed E-state index contributed by atoms with van der Waals surface area (Å²) in [6.07, 6.45) is 6.03. The van der Waals surface area contributed by atoms with E-state index < -0.39 is 5.60 Å². The monoisotopic (exact) mass is 530 g/mol. The fraction of sp³-hybridized carbons (Fsp3) is 0.593. The van der Waals surface area contributed by atoms with Crippen molar-refractivity contribution in [3.05, 3.63) is 34.8 Å². The third-order valence-electron chi connectivity index (χ3n) is 6.40. The fourth-order valence-electron chi connectivity index (χ4n) is 4.46. The van der Waals surface area contributed by atoms with Crippen LogP contribution in [0.15, 0.2) is 24.4 Å². The molecule has 1 aliphatic heterocycles. The molecular formula is C27H38N4O5S. The van der Waals surface area contributed by atoms with Gasteiger partial charge in [0, 0.05) is 46.1 Å². The minimum absolute atomic E-state index is 0.0440. The molecule has 1 saturated heterocycles. The molecule has 4 rings (SSSR count). The number of aliphatic hydroxyl groups excluding tert-OH is 1. The Kier molecular flexibility index (Phi) is 8.71. The smallest absolute Gasteiger partial charge is 0.410 e. The number of unbranched alkanes of at least 4 members (excludes halogenated alkanes) is 1. The summed E-state index contributed by atoms with van der Waals surface area (Å²) in [5.41, 5.74) is 2.14. The van der Waals surface area contributed by atoms with Gasteiger partial charge in [0.05, 0.1) is 17.1 Å². The molecule has 2 amide bonds. The number of thiazole rings is 1. The second kappa shape index (κ2) is 11.8. The predicted molar refractivity (Wildman–Crippen MR) is 144 cm³/mol. The number of hydrogen-bond acceptors (Lipinski definition) is 7. The van der Waals surface area contributed by atoms with Crippen LogP contribution in [0, 0.1) is 0 Å². The summed E-state index contributed by atoms with van der Waals surface area (Å²) in [6.45, 7) is 8.13. The Hall–Kier alpha value is -2.69. The molecule has 37 heavy (non-hydrogen) atoms. The highest BCUT2D eigenvalue weighted by molar-refractivity contribution is 7.18. The normalized spacial score (nSPS) is 16.0. The second-order valence-corrected chi connectivity index (χ2v) is 11.7. The summed E-state index contributed by atoms with van der Waals surface area (Å²) in [5.74, 6) is -0.0440. The number of fused-ring (bicyclic) bond motifs is 3. The van der Waals surface area contributed by atoms with Crippen LogP contribution < -0.4 is 0 Å². The van der Waals surface area contributed by atoms with Gasteiger partial charge in [-0.25, -0.2) is 9.78 Å². The molecule has 10 heteroatoms. The quantitative estimate of drug-likeness (QED) is 0.382. The Morgan fingerprint density at radius 1 is 1.27 bits per heavy atom. The number of imidazole rings is 1. The van der Waals surface area contributed by atoms with Crippen LogP contribution >= 0.6 is 11.3 Å². The zero-order valence-electron chi connectivity index (χ0n) is 22.2. The van der Waals surface area contributed by atoms with Crippen LogP contribution in [0.4, 0.5) is 4.79 Å².